The van der Waals surface area contributed by atoms with Crippen LogP contribution in [0.3, 0.4) is 0 Å². The summed E-state index contributed by atoms with van der Waals surface area (Å²) in [6.45, 7) is 6.96. The van der Waals surface area contributed by atoms with Gasteiger partial charge in [-0.25, -0.2) is 4.98 Å². The highest BCUT2D eigenvalue weighted by Crippen LogP contribution is 2.43. The van der Waals surface area contributed by atoms with Gasteiger partial charge in [-0.1, -0.05) is 39.3 Å². The van der Waals surface area contributed by atoms with E-state index < -0.39 is 0 Å². The van der Waals surface area contributed by atoms with Crippen LogP contribution in [0.4, 0.5) is 5.82 Å². The van der Waals surface area contributed by atoms with Crippen molar-refractivity contribution in [2.24, 2.45) is 11.3 Å². The molecule has 0 amide bonds. The van der Waals surface area contributed by atoms with Gasteiger partial charge in [-0.15, -0.1) is 0 Å². The van der Waals surface area contributed by atoms with Gasteiger partial charge in [-0.3, -0.25) is 5.73 Å². The van der Waals surface area contributed by atoms with Crippen molar-refractivity contribution in [1.82, 2.24) is 0 Å². The van der Waals surface area contributed by atoms with Crippen LogP contribution in [0, 0.1) is 22.7 Å². The molecule has 4 nitrogen and oxygen atoms in total. The van der Waals surface area contributed by atoms with Crippen LogP contribution in [-0.4, -0.2) is 7.11 Å². The number of nitrogens with two attached hydrogens (primary N) is 1. The first-order valence-corrected chi connectivity index (χ1v) is 9.32. The molecule has 1 aromatic heterocycles. The number of aryl methyl sites for hydroxylation is 1. The second kappa shape index (κ2) is 6.99. The number of nitrogens with one attached hydrogen (secondary N) is 1. The van der Waals surface area contributed by atoms with E-state index in [4.69, 9.17) is 10.5 Å². The molecule has 0 saturated carbocycles. The lowest BCUT2D eigenvalue weighted by molar-refractivity contribution is -0.375. The largest absolute Gasteiger partial charge is 0.497 e. The molecular weight excluding hydrogens is 322 g/mol. The molecule has 0 unspecified atom stereocenters. The molecule has 0 fully saturated rings. The maximum absolute atomic E-state index is 9.76. The molecule has 3 N–H and O–H groups in total. The number of pyridine rings is 1. The summed E-state index contributed by atoms with van der Waals surface area (Å²) < 4.78 is 5.28. The van der Waals surface area contributed by atoms with E-state index >= 15 is 0 Å². The Balaban J connectivity index is 2.16. The summed E-state index contributed by atoms with van der Waals surface area (Å²) in [5, 5.41) is 9.76. The fourth-order valence-electron chi connectivity index (χ4n) is 3.99. The lowest BCUT2D eigenvalue weighted by atomic mass is 9.68. The summed E-state index contributed by atoms with van der Waals surface area (Å²) in [4.78, 5) is 3.30. The molecule has 26 heavy (non-hydrogen) atoms. The number of hydrogen-bond acceptors (Lipinski definition) is 3. The first-order chi connectivity index (χ1) is 12.4. The molecular formula is C22H28N3O+. The van der Waals surface area contributed by atoms with E-state index in [1.54, 1.807) is 7.11 Å². The van der Waals surface area contributed by atoms with Crippen molar-refractivity contribution < 1.29 is 9.72 Å². The molecule has 0 saturated heterocycles. The quantitative estimate of drug-likeness (QED) is 0.899. The van der Waals surface area contributed by atoms with Crippen LogP contribution in [0.15, 0.2) is 24.3 Å². The van der Waals surface area contributed by atoms with Gasteiger partial charge in [0.05, 0.1) is 7.11 Å². The van der Waals surface area contributed by atoms with Gasteiger partial charge in [0, 0.05) is 17.5 Å². The van der Waals surface area contributed by atoms with Gasteiger partial charge < -0.3 is 4.74 Å². The Hall–Kier alpha value is -2.54. The number of H-pyrrole nitrogens is 1. The van der Waals surface area contributed by atoms with Crippen molar-refractivity contribution in [3.63, 3.8) is 0 Å². The smallest absolute Gasteiger partial charge is 0.289 e. The standard InChI is InChI=1S/C22H27N3O/c1-5-22(2,3)15-8-11-19-17(12-15)20(18(13-23)21(24)25-19)14-6-9-16(26-4)10-7-14/h6-7,9-10,15H,5,8,11-12H2,1-4H3,(H2,24,25)/p+1/t15-/m1/s1. The second-order valence-electron chi connectivity index (χ2n) is 7.87. The van der Waals surface area contributed by atoms with E-state index in [0.29, 0.717) is 17.3 Å². The van der Waals surface area contributed by atoms with E-state index in [0.717, 1.165) is 42.6 Å². The van der Waals surface area contributed by atoms with Crippen LogP contribution in [0.25, 0.3) is 11.1 Å². The summed E-state index contributed by atoms with van der Waals surface area (Å²) in [7, 11) is 1.66. The molecule has 3 rings (SSSR count). The molecule has 2 aromatic rings. The highest BCUT2D eigenvalue weighted by atomic mass is 16.5. The average Bonchev–Trinajstić information content (AvgIpc) is 2.66. The Kier molecular flexibility index (Phi) is 4.91. The number of methoxy groups -OCH3 is 1. The Morgan fingerprint density at radius 1 is 1.31 bits per heavy atom. The number of aromatic amines is 1. The highest BCUT2D eigenvalue weighted by molar-refractivity contribution is 5.78. The Morgan fingerprint density at radius 2 is 2.00 bits per heavy atom. The maximum Gasteiger partial charge on any atom is 0.289 e. The van der Waals surface area contributed by atoms with Crippen molar-refractivity contribution in [1.29, 1.82) is 5.26 Å². The summed E-state index contributed by atoms with van der Waals surface area (Å²) in [5.74, 6) is 1.87. The molecule has 1 aromatic carbocycles. The molecule has 1 aliphatic rings. The third-order valence-corrected chi connectivity index (χ3v) is 6.17. The minimum Gasteiger partial charge on any atom is -0.497 e. The van der Waals surface area contributed by atoms with Crippen LogP contribution in [0.2, 0.25) is 0 Å². The van der Waals surface area contributed by atoms with Crippen molar-refractivity contribution in [3.05, 3.63) is 41.1 Å². The summed E-state index contributed by atoms with van der Waals surface area (Å²) in [5.41, 5.74) is 11.5. The summed E-state index contributed by atoms with van der Waals surface area (Å²) in [6, 6.07) is 10.2. The Bertz CT molecular complexity index is 847. The van der Waals surface area contributed by atoms with Crippen molar-refractivity contribution in [3.8, 4) is 22.9 Å². The fourth-order valence-corrected chi connectivity index (χ4v) is 3.99. The van der Waals surface area contributed by atoms with Gasteiger partial charge in [0.25, 0.3) is 5.82 Å². The first kappa shape index (κ1) is 18.3. The maximum atomic E-state index is 9.76. The van der Waals surface area contributed by atoms with E-state index in [2.05, 4.69) is 31.8 Å². The SMILES string of the molecule is CCC(C)(C)[C@@H]1CCc2[nH+]c(N)c(C#N)c(-c3ccc(OC)cc3)c2C1. The van der Waals surface area contributed by atoms with E-state index in [1.807, 2.05) is 24.3 Å². The summed E-state index contributed by atoms with van der Waals surface area (Å²) >= 11 is 0. The van der Waals surface area contributed by atoms with Crippen molar-refractivity contribution in [2.45, 2.75) is 46.5 Å². The van der Waals surface area contributed by atoms with Crippen LogP contribution in [0.1, 0.15) is 50.4 Å². The van der Waals surface area contributed by atoms with Gasteiger partial charge in [-0.05, 0) is 41.9 Å². The van der Waals surface area contributed by atoms with Crippen molar-refractivity contribution >= 4 is 5.82 Å². The number of nitriles is 1. The highest BCUT2D eigenvalue weighted by Gasteiger charge is 2.35. The third kappa shape index (κ3) is 3.14. The zero-order valence-corrected chi connectivity index (χ0v) is 16.1. The number of anilines is 1. The monoisotopic (exact) mass is 350 g/mol. The summed E-state index contributed by atoms with van der Waals surface area (Å²) in [6.07, 6.45) is 4.25. The second-order valence-corrected chi connectivity index (χ2v) is 7.87. The third-order valence-electron chi connectivity index (χ3n) is 6.17. The number of fused-ring (bicyclic) bond motifs is 1. The topological polar surface area (TPSA) is 73.2 Å². The normalized spacial score (nSPS) is 16.7. The van der Waals surface area contributed by atoms with Crippen molar-refractivity contribution in [2.75, 3.05) is 12.8 Å². The van der Waals surface area contributed by atoms with Crippen LogP contribution in [0.5, 0.6) is 5.75 Å². The van der Waals surface area contributed by atoms with E-state index in [-0.39, 0.29) is 5.41 Å². The van der Waals surface area contributed by atoms with Gasteiger partial charge >= 0.3 is 0 Å². The molecule has 0 spiro atoms. The first-order valence-electron chi connectivity index (χ1n) is 9.32. The number of nitrogen functional groups attached to an aromatic ring is 1. The van der Waals surface area contributed by atoms with E-state index in [1.165, 1.54) is 11.3 Å². The Labute approximate surface area is 156 Å². The fraction of sp³-hybridized carbons (Fsp3) is 0.455. The number of rotatable bonds is 4. The molecule has 0 bridgehead atoms. The molecule has 136 valence electrons. The molecule has 4 heteroatoms. The molecule has 1 atom stereocenters. The van der Waals surface area contributed by atoms with Crippen LogP contribution < -0.4 is 15.5 Å². The lowest BCUT2D eigenvalue weighted by Gasteiger charge is -2.37. The molecule has 0 radical (unpaired) electrons. The zero-order chi connectivity index (χ0) is 18.9. The van der Waals surface area contributed by atoms with Gasteiger partial charge in [0.2, 0.25) is 0 Å². The average molecular weight is 350 g/mol. The van der Waals surface area contributed by atoms with Crippen LogP contribution >= 0.6 is 0 Å². The molecule has 0 aliphatic heterocycles. The lowest BCUT2D eigenvalue weighted by Crippen LogP contribution is -2.33. The van der Waals surface area contributed by atoms with Crippen LogP contribution in [-0.2, 0) is 12.8 Å². The van der Waals surface area contributed by atoms with Gasteiger partial charge in [0.15, 0.2) is 0 Å². The minimum atomic E-state index is 0.281. The molecule has 1 heterocycles. The van der Waals surface area contributed by atoms with E-state index in [9.17, 15) is 5.26 Å². The zero-order valence-electron chi connectivity index (χ0n) is 16.1. The number of ether oxygens (including phenoxy) is 1. The number of nitrogens with zero attached hydrogens (tertiary/aromatic N) is 1. The number of aromatic nitrogens is 1. The number of benzene rings is 1. The number of hydrogen-bond donors (Lipinski definition) is 1. The predicted molar refractivity (Wildman–Crippen MR) is 104 cm³/mol. The minimum absolute atomic E-state index is 0.281. The van der Waals surface area contributed by atoms with Gasteiger partial charge in [0.1, 0.15) is 23.1 Å². The predicted octanol–water partition coefficient (Wildman–Crippen LogP) is 4.17. The Morgan fingerprint density at radius 3 is 2.58 bits per heavy atom. The molecule has 1 aliphatic carbocycles. The van der Waals surface area contributed by atoms with Gasteiger partial charge in [-0.2, -0.15) is 5.26 Å².